The minimum absolute atomic E-state index is 0.0272. The number of rotatable bonds is 8. The van der Waals surface area contributed by atoms with Crippen molar-refractivity contribution in [1.82, 2.24) is 0 Å². The zero-order chi connectivity index (χ0) is 17.5. The Balaban J connectivity index is 2.47. The summed E-state index contributed by atoms with van der Waals surface area (Å²) in [4.78, 5) is 0. The van der Waals surface area contributed by atoms with Crippen molar-refractivity contribution in [3.05, 3.63) is 63.6 Å². The molecule has 2 aromatic rings. The molecule has 1 unspecified atom stereocenters. The molecule has 0 fully saturated rings. The SMILES string of the molecule is CCOP(OCC)C(c1ccc(NC)cc1)c1ccc(Cl)c(Cl)c1. The Bertz CT molecular complexity index is 646. The number of benzene rings is 2. The van der Waals surface area contributed by atoms with E-state index in [1.54, 1.807) is 0 Å². The average Bonchev–Trinajstić information content (AvgIpc) is 2.59. The third-order valence-electron chi connectivity index (χ3n) is 3.50. The van der Waals surface area contributed by atoms with E-state index in [0.29, 0.717) is 23.3 Å². The molecule has 0 bridgehead atoms. The highest BCUT2D eigenvalue weighted by molar-refractivity contribution is 7.48. The fraction of sp³-hybridized carbons (Fsp3) is 0.333. The van der Waals surface area contributed by atoms with Crippen LogP contribution >= 0.6 is 31.6 Å². The molecule has 0 spiro atoms. The largest absolute Gasteiger partial charge is 0.388 e. The molecule has 6 heteroatoms. The summed E-state index contributed by atoms with van der Waals surface area (Å²) in [7, 11) is 0.767. The topological polar surface area (TPSA) is 30.5 Å². The normalized spacial score (nSPS) is 12.4. The molecule has 1 N–H and O–H groups in total. The van der Waals surface area contributed by atoms with E-state index in [1.807, 2.05) is 51.2 Å². The molecule has 0 aliphatic carbocycles. The standard InChI is InChI=1S/C18H22Cl2NO2P/c1-4-22-24(23-5-2)18(13-6-9-15(21-3)10-7-13)14-8-11-16(19)17(20)12-14/h6-12,18,21H,4-5H2,1-3H3. The molecule has 0 saturated carbocycles. The molecule has 0 heterocycles. The van der Waals surface area contributed by atoms with Gasteiger partial charge in [0.25, 0.3) is 0 Å². The maximum absolute atomic E-state index is 6.24. The fourth-order valence-electron chi connectivity index (χ4n) is 2.39. The Hall–Kier alpha value is -0.830. The van der Waals surface area contributed by atoms with Gasteiger partial charge < -0.3 is 14.4 Å². The highest BCUT2D eigenvalue weighted by atomic mass is 35.5. The Morgan fingerprint density at radius 3 is 2.00 bits per heavy atom. The second-order valence-corrected chi connectivity index (χ2v) is 7.49. The van der Waals surface area contributed by atoms with E-state index in [2.05, 4.69) is 17.4 Å². The molecule has 2 aromatic carbocycles. The van der Waals surface area contributed by atoms with Gasteiger partial charge in [0.05, 0.1) is 28.9 Å². The third-order valence-corrected chi connectivity index (χ3v) is 6.28. The van der Waals surface area contributed by atoms with Crippen LogP contribution in [0, 0.1) is 0 Å². The molecule has 24 heavy (non-hydrogen) atoms. The molecule has 0 aliphatic heterocycles. The summed E-state index contributed by atoms with van der Waals surface area (Å²) >= 11 is 12.3. The van der Waals surface area contributed by atoms with Gasteiger partial charge >= 0.3 is 0 Å². The quantitative estimate of drug-likeness (QED) is 0.525. The predicted octanol–water partition coefficient (Wildman–Crippen LogP) is 6.51. The van der Waals surface area contributed by atoms with Gasteiger partial charge in [-0.25, -0.2) is 0 Å². The first-order chi connectivity index (χ1) is 11.6. The monoisotopic (exact) mass is 385 g/mol. The lowest BCUT2D eigenvalue weighted by atomic mass is 10.0. The summed E-state index contributed by atoms with van der Waals surface area (Å²) in [5.41, 5.74) is 3.19. The van der Waals surface area contributed by atoms with Crippen LogP contribution in [0.1, 0.15) is 30.6 Å². The summed E-state index contributed by atoms with van der Waals surface area (Å²) < 4.78 is 11.9. The zero-order valence-corrected chi connectivity index (χ0v) is 16.5. The summed E-state index contributed by atoms with van der Waals surface area (Å²) in [6, 6.07) is 14.0. The van der Waals surface area contributed by atoms with Crippen molar-refractivity contribution in [2.75, 3.05) is 25.6 Å². The van der Waals surface area contributed by atoms with E-state index < -0.39 is 8.38 Å². The molecule has 3 nitrogen and oxygen atoms in total. The predicted molar refractivity (Wildman–Crippen MR) is 104 cm³/mol. The summed E-state index contributed by atoms with van der Waals surface area (Å²) in [5.74, 6) is 0. The van der Waals surface area contributed by atoms with Crippen molar-refractivity contribution in [2.45, 2.75) is 19.5 Å². The lowest BCUT2D eigenvalue weighted by Gasteiger charge is -2.27. The molecule has 0 radical (unpaired) electrons. The lowest BCUT2D eigenvalue weighted by molar-refractivity contribution is 0.265. The molecule has 0 aliphatic rings. The lowest BCUT2D eigenvalue weighted by Crippen LogP contribution is -2.05. The van der Waals surface area contributed by atoms with Gasteiger partial charge in [0, 0.05) is 12.7 Å². The van der Waals surface area contributed by atoms with Crippen molar-refractivity contribution >= 4 is 37.3 Å². The molecular formula is C18H22Cl2NO2P. The van der Waals surface area contributed by atoms with Crippen molar-refractivity contribution in [2.24, 2.45) is 0 Å². The highest BCUT2D eigenvalue weighted by Crippen LogP contribution is 2.56. The summed E-state index contributed by atoms with van der Waals surface area (Å²) in [6.45, 7) is 5.14. The first-order valence-electron chi connectivity index (χ1n) is 7.88. The number of hydrogen-bond donors (Lipinski definition) is 1. The van der Waals surface area contributed by atoms with Gasteiger partial charge in [-0.15, -0.1) is 0 Å². The van der Waals surface area contributed by atoms with Crippen LogP contribution in [0.15, 0.2) is 42.5 Å². The van der Waals surface area contributed by atoms with E-state index in [9.17, 15) is 0 Å². The molecule has 130 valence electrons. The third kappa shape index (κ3) is 4.84. The van der Waals surface area contributed by atoms with E-state index >= 15 is 0 Å². The highest BCUT2D eigenvalue weighted by Gasteiger charge is 2.28. The van der Waals surface area contributed by atoms with Crippen LogP contribution in [0.4, 0.5) is 5.69 Å². The first-order valence-corrected chi connectivity index (χ1v) is 9.88. The minimum atomic E-state index is -1.13. The van der Waals surface area contributed by atoms with Crippen molar-refractivity contribution in [1.29, 1.82) is 0 Å². The minimum Gasteiger partial charge on any atom is -0.388 e. The zero-order valence-electron chi connectivity index (χ0n) is 14.1. The molecule has 1 atom stereocenters. The van der Waals surface area contributed by atoms with Crippen LogP contribution in [-0.2, 0) is 9.05 Å². The van der Waals surface area contributed by atoms with Gasteiger partial charge in [-0.3, -0.25) is 0 Å². The molecule has 0 amide bonds. The number of halogens is 2. The Labute approximate surface area is 155 Å². The van der Waals surface area contributed by atoms with Crippen molar-refractivity contribution in [3.63, 3.8) is 0 Å². The molecule has 0 aromatic heterocycles. The number of anilines is 1. The second-order valence-electron chi connectivity index (χ2n) is 5.07. The average molecular weight is 386 g/mol. The van der Waals surface area contributed by atoms with Gasteiger partial charge in [0.1, 0.15) is 0 Å². The molecule has 2 rings (SSSR count). The molecule has 0 saturated heterocycles. The Kier molecular flexibility index (Phi) is 7.80. The van der Waals surface area contributed by atoms with E-state index in [4.69, 9.17) is 32.2 Å². The van der Waals surface area contributed by atoms with Crippen molar-refractivity contribution in [3.8, 4) is 0 Å². The smallest absolute Gasteiger partial charge is 0.183 e. The summed E-state index contributed by atoms with van der Waals surface area (Å²) in [6.07, 6.45) is 0. The van der Waals surface area contributed by atoms with Crippen LogP contribution in [0.2, 0.25) is 10.0 Å². The second kappa shape index (κ2) is 9.60. The van der Waals surface area contributed by atoms with Gasteiger partial charge in [-0.05, 0) is 49.2 Å². The van der Waals surface area contributed by atoms with Crippen molar-refractivity contribution < 1.29 is 9.05 Å². The van der Waals surface area contributed by atoms with Crippen LogP contribution in [0.25, 0.3) is 0 Å². The maximum Gasteiger partial charge on any atom is 0.183 e. The Morgan fingerprint density at radius 1 is 0.917 bits per heavy atom. The van der Waals surface area contributed by atoms with E-state index in [1.165, 1.54) is 0 Å². The van der Waals surface area contributed by atoms with Crippen LogP contribution < -0.4 is 5.32 Å². The van der Waals surface area contributed by atoms with Gasteiger partial charge in [0.15, 0.2) is 8.38 Å². The van der Waals surface area contributed by atoms with E-state index in [0.717, 1.165) is 16.8 Å². The summed E-state index contributed by atoms with van der Waals surface area (Å²) in [5, 5.41) is 4.21. The van der Waals surface area contributed by atoms with Crippen LogP contribution in [0.3, 0.4) is 0 Å². The number of hydrogen-bond acceptors (Lipinski definition) is 3. The van der Waals surface area contributed by atoms with Gasteiger partial charge in [0.2, 0.25) is 0 Å². The Morgan fingerprint density at radius 2 is 1.50 bits per heavy atom. The van der Waals surface area contributed by atoms with E-state index in [-0.39, 0.29) is 5.66 Å². The molecular weight excluding hydrogens is 364 g/mol. The number of nitrogens with one attached hydrogen (secondary N) is 1. The fourth-order valence-corrected chi connectivity index (χ4v) is 4.40. The van der Waals surface area contributed by atoms with Crippen LogP contribution in [-0.4, -0.2) is 20.3 Å². The first kappa shape index (κ1) is 19.5. The van der Waals surface area contributed by atoms with Gasteiger partial charge in [-0.2, -0.15) is 0 Å². The maximum atomic E-state index is 6.24. The van der Waals surface area contributed by atoms with Gasteiger partial charge in [-0.1, -0.05) is 41.4 Å². The van der Waals surface area contributed by atoms with Crippen LogP contribution in [0.5, 0.6) is 0 Å².